The van der Waals surface area contributed by atoms with Gasteiger partial charge in [-0.05, 0) is 141 Å². The first-order valence-electron chi connectivity index (χ1n) is 24.0. The SMILES string of the molecule is CC(C)[Si](C#Cc1ccc(-c2c3nc(c(-c4ccc(I)cc4)c4ccc([nH]4)c(-c4c(F)c(F)c(F)c(F)c4F)c4nc(c(-c5ccc(C#C[Si](C)(C)C)cc5)c5ccc2[nH]5)C=C4)C=C3)cc1)(C(C)C)C(C)C. The molecule has 0 radical (unpaired) electrons. The zero-order valence-electron chi connectivity index (χ0n) is 41.4. The lowest BCUT2D eigenvalue weighted by Gasteiger charge is -2.38. The van der Waals surface area contributed by atoms with E-state index in [0.717, 1.165) is 42.5 Å². The number of aromatic amines is 2. The van der Waals surface area contributed by atoms with E-state index in [1.54, 1.807) is 18.2 Å². The molecule has 9 rings (SSSR count). The molecule has 4 nitrogen and oxygen atoms in total. The number of H-pyrrole nitrogens is 2. The lowest BCUT2D eigenvalue weighted by atomic mass is 10.0. The summed E-state index contributed by atoms with van der Waals surface area (Å²) in [5.41, 5.74) is 17.1. The van der Waals surface area contributed by atoms with E-state index in [-0.39, 0.29) is 16.8 Å². The maximum atomic E-state index is 16.1. The average molecular weight is 1110 g/mol. The van der Waals surface area contributed by atoms with E-state index in [0.29, 0.717) is 55.9 Å². The number of benzene rings is 4. The molecule has 2 N–H and O–H groups in total. The van der Waals surface area contributed by atoms with Crippen LogP contribution >= 0.6 is 22.6 Å². The molecule has 0 aliphatic carbocycles. The third-order valence-corrected chi connectivity index (χ3v) is 21.4. The maximum absolute atomic E-state index is 16.1. The van der Waals surface area contributed by atoms with Gasteiger partial charge in [-0.15, -0.1) is 11.1 Å². The third-order valence-electron chi connectivity index (χ3n) is 13.6. The fourth-order valence-electron chi connectivity index (χ4n) is 10.1. The normalized spacial score (nSPS) is 12.4. The van der Waals surface area contributed by atoms with Gasteiger partial charge in [-0.2, -0.15) is 0 Å². The molecule has 3 aromatic heterocycles. The van der Waals surface area contributed by atoms with E-state index >= 15 is 17.6 Å². The first-order valence-corrected chi connectivity index (χ1v) is 30.8. The van der Waals surface area contributed by atoms with Crippen LogP contribution in [-0.2, 0) is 0 Å². The molecule has 362 valence electrons. The first-order chi connectivity index (χ1) is 34.2. The van der Waals surface area contributed by atoms with Crippen molar-refractivity contribution >= 4 is 85.1 Å². The summed E-state index contributed by atoms with van der Waals surface area (Å²) >= 11 is 2.23. The Labute approximate surface area is 433 Å². The Balaban J connectivity index is 1.39. The second kappa shape index (κ2) is 19.8. The van der Waals surface area contributed by atoms with Crippen LogP contribution in [0.1, 0.15) is 75.4 Å². The van der Waals surface area contributed by atoms with Crippen LogP contribution in [0.2, 0.25) is 36.3 Å². The summed E-state index contributed by atoms with van der Waals surface area (Å²) in [5.74, 6) is -3.42. The lowest BCUT2D eigenvalue weighted by molar-refractivity contribution is 0.381. The van der Waals surface area contributed by atoms with Crippen molar-refractivity contribution in [2.45, 2.75) is 77.8 Å². The van der Waals surface area contributed by atoms with Gasteiger partial charge in [0.25, 0.3) is 0 Å². The van der Waals surface area contributed by atoms with Crippen LogP contribution in [0.25, 0.3) is 90.9 Å². The van der Waals surface area contributed by atoms with Gasteiger partial charge < -0.3 is 9.97 Å². The highest BCUT2D eigenvalue weighted by atomic mass is 127. The molecule has 0 spiro atoms. The molecule has 0 unspecified atom stereocenters. The number of hydrogen-bond donors (Lipinski definition) is 2. The van der Waals surface area contributed by atoms with Crippen molar-refractivity contribution in [2.75, 3.05) is 0 Å². The van der Waals surface area contributed by atoms with Crippen LogP contribution in [0.3, 0.4) is 0 Å². The quantitative estimate of drug-likeness (QED) is 0.0417. The Bertz CT molecular complexity index is 3620. The zero-order chi connectivity index (χ0) is 51.4. The molecule has 0 fully saturated rings. The molecule has 0 amide bonds. The largest absolute Gasteiger partial charge is 0.354 e. The van der Waals surface area contributed by atoms with Crippen molar-refractivity contribution in [3.8, 4) is 67.4 Å². The van der Waals surface area contributed by atoms with E-state index in [2.05, 4.69) is 141 Å². The van der Waals surface area contributed by atoms with E-state index in [1.165, 1.54) is 6.08 Å². The highest BCUT2D eigenvalue weighted by Gasteiger charge is 2.41. The second-order valence-electron chi connectivity index (χ2n) is 20.3. The van der Waals surface area contributed by atoms with Crippen molar-refractivity contribution in [1.29, 1.82) is 0 Å². The Morgan fingerprint density at radius 3 is 1.10 bits per heavy atom. The fraction of sp³-hybridized carbons (Fsp3) is 0.200. The monoisotopic (exact) mass is 1110 g/mol. The van der Waals surface area contributed by atoms with E-state index in [4.69, 9.17) is 9.97 Å². The van der Waals surface area contributed by atoms with Crippen molar-refractivity contribution < 1.29 is 22.0 Å². The minimum atomic E-state index is -2.25. The first kappa shape index (κ1) is 50.4. The standard InChI is InChI=1S/C60H52F5IN4Si2/c1-34(2)72(35(3)4,36(5)6)33-31-38-12-16-40(17-13-38)51-43-22-23-45(67-43)52(39-14-10-37(11-15-39)30-32-71(7,8)9)47-26-28-49(69-47)54(55-56(61)58(63)60(65)59(64)57(55)62)50-29-27-48(70-50)53(46-25-24-44(51)68-46)41-18-20-42(66)21-19-41/h10-29,34-36,67,70H,1-9H3. The van der Waals surface area contributed by atoms with Gasteiger partial charge in [-0.3, -0.25) is 0 Å². The van der Waals surface area contributed by atoms with Crippen LogP contribution in [-0.4, -0.2) is 36.1 Å². The van der Waals surface area contributed by atoms with Crippen molar-refractivity contribution in [3.63, 3.8) is 0 Å². The van der Waals surface area contributed by atoms with Crippen LogP contribution in [0.15, 0.2) is 97.1 Å². The molecule has 0 saturated heterocycles. The molecule has 7 aromatic rings. The summed E-state index contributed by atoms with van der Waals surface area (Å²) in [6, 6.07) is 31.1. The number of hydrogen-bond acceptors (Lipinski definition) is 2. The number of fused-ring (bicyclic) bond motifs is 8. The molecule has 4 aromatic carbocycles. The molecular formula is C60H52F5IN4Si2. The van der Waals surface area contributed by atoms with Crippen LogP contribution < -0.4 is 0 Å². The smallest absolute Gasteiger partial charge is 0.200 e. The molecule has 2 aliphatic heterocycles. The molecule has 2 aliphatic rings. The highest BCUT2D eigenvalue weighted by Crippen LogP contribution is 2.43. The Hall–Kier alpha value is -6.59. The van der Waals surface area contributed by atoms with Crippen LogP contribution in [0.5, 0.6) is 0 Å². The third kappa shape index (κ3) is 9.48. The summed E-state index contributed by atoms with van der Waals surface area (Å²) in [6.07, 6.45) is 7.10. The van der Waals surface area contributed by atoms with E-state index < -0.39 is 50.8 Å². The molecule has 0 atom stereocenters. The number of rotatable bonds is 7. The van der Waals surface area contributed by atoms with Gasteiger partial charge in [-0.1, -0.05) is 109 Å². The number of halogens is 6. The summed E-state index contributed by atoms with van der Waals surface area (Å²) in [6.45, 7) is 20.4. The predicted octanol–water partition coefficient (Wildman–Crippen LogP) is 17.4. The van der Waals surface area contributed by atoms with E-state index in [9.17, 15) is 4.39 Å². The van der Waals surface area contributed by atoms with Crippen molar-refractivity contribution in [3.05, 3.63) is 164 Å². The Morgan fingerprint density at radius 1 is 0.417 bits per heavy atom. The molecule has 5 heterocycles. The van der Waals surface area contributed by atoms with Crippen LogP contribution in [0, 0.1) is 55.6 Å². The Morgan fingerprint density at radius 2 is 0.736 bits per heavy atom. The summed E-state index contributed by atoms with van der Waals surface area (Å²) in [7, 11) is -3.69. The maximum Gasteiger partial charge on any atom is 0.200 e. The Kier molecular flexibility index (Phi) is 13.8. The summed E-state index contributed by atoms with van der Waals surface area (Å²) in [5, 5.41) is 0. The molecular weight excluding hydrogens is 1050 g/mol. The van der Waals surface area contributed by atoms with Gasteiger partial charge in [0.15, 0.2) is 23.3 Å². The van der Waals surface area contributed by atoms with Gasteiger partial charge >= 0.3 is 0 Å². The fourth-order valence-corrected chi connectivity index (χ4v) is 16.2. The predicted molar refractivity (Wildman–Crippen MR) is 301 cm³/mol. The van der Waals surface area contributed by atoms with Gasteiger partial charge in [0.2, 0.25) is 5.82 Å². The number of aromatic nitrogens is 4. The van der Waals surface area contributed by atoms with Gasteiger partial charge in [-0.25, -0.2) is 31.9 Å². The minimum absolute atomic E-state index is 0.0225. The van der Waals surface area contributed by atoms with E-state index in [1.807, 2.05) is 72.8 Å². The highest BCUT2D eigenvalue weighted by molar-refractivity contribution is 14.1. The van der Waals surface area contributed by atoms with Crippen molar-refractivity contribution in [1.82, 2.24) is 19.9 Å². The number of nitrogens with zero attached hydrogens (tertiary/aromatic N) is 2. The molecule has 72 heavy (non-hydrogen) atoms. The zero-order valence-corrected chi connectivity index (χ0v) is 45.6. The summed E-state index contributed by atoms with van der Waals surface area (Å²) < 4.78 is 78.3. The van der Waals surface area contributed by atoms with Gasteiger partial charge in [0.1, 0.15) is 16.1 Å². The van der Waals surface area contributed by atoms with Crippen LogP contribution in [0.4, 0.5) is 22.0 Å². The molecule has 0 saturated carbocycles. The summed E-state index contributed by atoms with van der Waals surface area (Å²) in [4.78, 5) is 17.3. The average Bonchev–Trinajstić information content (AvgIpc) is 4.20. The topological polar surface area (TPSA) is 57.4 Å². The number of nitrogens with one attached hydrogen (secondary N) is 2. The lowest BCUT2D eigenvalue weighted by Crippen LogP contribution is -2.43. The molecule has 8 bridgehead atoms. The minimum Gasteiger partial charge on any atom is -0.354 e. The van der Waals surface area contributed by atoms with Crippen molar-refractivity contribution in [2.24, 2.45) is 0 Å². The molecule has 12 heteroatoms. The second-order valence-corrected chi connectivity index (χ2v) is 31.8. The van der Waals surface area contributed by atoms with Gasteiger partial charge in [0.05, 0.1) is 28.3 Å². The van der Waals surface area contributed by atoms with Gasteiger partial charge in [0, 0.05) is 59.0 Å².